The van der Waals surface area contributed by atoms with Crippen molar-refractivity contribution in [1.29, 1.82) is 0 Å². The largest absolute Gasteiger partial charge is 0.326 e. The number of halogens is 3. The highest BCUT2D eigenvalue weighted by atomic mass is 35.5. The molecule has 0 bridgehead atoms. The topological polar surface area (TPSA) is 41.1 Å². The van der Waals surface area contributed by atoms with Crippen molar-refractivity contribution >= 4 is 34.8 Å². The second kappa shape index (κ2) is 5.87. The molecule has 2 N–H and O–H groups in total. The van der Waals surface area contributed by atoms with Gasteiger partial charge in [-0.05, 0) is 31.5 Å². The van der Waals surface area contributed by atoms with Crippen LogP contribution in [0, 0.1) is 11.7 Å². The molecule has 1 amide bonds. The number of hydrogen-bond acceptors (Lipinski definition) is 2. The molecule has 18 heavy (non-hydrogen) atoms. The van der Waals surface area contributed by atoms with Crippen molar-refractivity contribution in [3.63, 3.8) is 0 Å². The van der Waals surface area contributed by atoms with Crippen LogP contribution in [0.2, 0.25) is 10.0 Å². The molecule has 1 atom stereocenters. The van der Waals surface area contributed by atoms with Crippen LogP contribution in [0.25, 0.3) is 0 Å². The highest BCUT2D eigenvalue weighted by molar-refractivity contribution is 6.35. The first-order valence-electron chi connectivity index (χ1n) is 5.74. The normalized spacial score (nSPS) is 19.6. The summed E-state index contributed by atoms with van der Waals surface area (Å²) in [4.78, 5) is 11.9. The number of nitrogens with one attached hydrogen (secondary N) is 2. The van der Waals surface area contributed by atoms with Crippen molar-refractivity contribution < 1.29 is 9.18 Å². The quantitative estimate of drug-likeness (QED) is 0.822. The summed E-state index contributed by atoms with van der Waals surface area (Å²) in [5, 5.41) is 5.67. The third-order valence-electron chi connectivity index (χ3n) is 2.92. The Labute approximate surface area is 115 Å². The molecule has 0 saturated carbocycles. The van der Waals surface area contributed by atoms with E-state index in [1.807, 2.05) is 0 Å². The van der Waals surface area contributed by atoms with E-state index in [0.29, 0.717) is 12.2 Å². The Balaban J connectivity index is 2.06. The number of carbonyl (C=O) groups excluding carboxylic acids is 1. The number of rotatable bonds is 2. The summed E-state index contributed by atoms with van der Waals surface area (Å²) in [5.74, 6) is -0.835. The average molecular weight is 291 g/mol. The van der Waals surface area contributed by atoms with Crippen LogP contribution in [0.4, 0.5) is 10.1 Å². The lowest BCUT2D eigenvalue weighted by molar-refractivity contribution is -0.120. The lowest BCUT2D eigenvalue weighted by Gasteiger charge is -2.22. The molecule has 0 aromatic heterocycles. The van der Waals surface area contributed by atoms with Gasteiger partial charge in [-0.2, -0.15) is 0 Å². The second-order valence-corrected chi connectivity index (χ2v) is 5.10. The number of piperidine rings is 1. The number of carbonyl (C=O) groups is 1. The summed E-state index contributed by atoms with van der Waals surface area (Å²) < 4.78 is 13.2. The molecule has 3 nitrogen and oxygen atoms in total. The van der Waals surface area contributed by atoms with Gasteiger partial charge in [0.15, 0.2) is 5.82 Å². The van der Waals surface area contributed by atoms with Gasteiger partial charge in [-0.15, -0.1) is 0 Å². The van der Waals surface area contributed by atoms with Crippen LogP contribution in [0.5, 0.6) is 0 Å². The van der Waals surface area contributed by atoms with Crippen LogP contribution in [-0.4, -0.2) is 19.0 Å². The summed E-state index contributed by atoms with van der Waals surface area (Å²) in [6, 6.07) is 2.72. The van der Waals surface area contributed by atoms with E-state index in [9.17, 15) is 9.18 Å². The summed E-state index contributed by atoms with van der Waals surface area (Å²) >= 11 is 11.3. The maximum absolute atomic E-state index is 13.2. The third-order valence-corrected chi connectivity index (χ3v) is 3.47. The molecule has 6 heteroatoms. The van der Waals surface area contributed by atoms with Crippen molar-refractivity contribution in [3.05, 3.63) is 28.0 Å². The van der Waals surface area contributed by atoms with E-state index < -0.39 is 5.82 Å². The average Bonchev–Trinajstić information content (AvgIpc) is 2.37. The third kappa shape index (κ3) is 3.13. The van der Waals surface area contributed by atoms with Gasteiger partial charge in [0.25, 0.3) is 0 Å². The Bertz CT molecular complexity index is 438. The molecule has 1 unspecified atom stereocenters. The van der Waals surface area contributed by atoms with Crippen molar-refractivity contribution in [2.24, 2.45) is 5.92 Å². The molecule has 1 aliphatic rings. The molecule has 1 saturated heterocycles. The van der Waals surface area contributed by atoms with Crippen molar-refractivity contribution in [2.75, 3.05) is 18.4 Å². The second-order valence-electron chi connectivity index (χ2n) is 4.29. The van der Waals surface area contributed by atoms with Gasteiger partial charge >= 0.3 is 0 Å². The zero-order valence-corrected chi connectivity index (χ0v) is 11.1. The van der Waals surface area contributed by atoms with E-state index in [1.165, 1.54) is 12.1 Å². The van der Waals surface area contributed by atoms with Crippen LogP contribution in [0.15, 0.2) is 12.1 Å². The Morgan fingerprint density at radius 3 is 2.61 bits per heavy atom. The summed E-state index contributed by atoms with van der Waals surface area (Å²) in [7, 11) is 0. The van der Waals surface area contributed by atoms with Gasteiger partial charge in [0.05, 0.1) is 16.0 Å². The maximum atomic E-state index is 13.2. The first-order chi connectivity index (χ1) is 8.58. The van der Waals surface area contributed by atoms with Gasteiger partial charge in [-0.3, -0.25) is 4.79 Å². The van der Waals surface area contributed by atoms with Crippen molar-refractivity contribution in [1.82, 2.24) is 5.32 Å². The number of amides is 1. The lowest BCUT2D eigenvalue weighted by Crippen LogP contribution is -2.37. The van der Waals surface area contributed by atoms with Crippen LogP contribution in [-0.2, 0) is 4.79 Å². The minimum Gasteiger partial charge on any atom is -0.326 e. The lowest BCUT2D eigenvalue weighted by atomic mass is 9.99. The molecule has 98 valence electrons. The molecule has 0 radical (unpaired) electrons. The number of benzene rings is 1. The minimum absolute atomic E-state index is 0.0682. The molecule has 2 rings (SSSR count). The fourth-order valence-corrected chi connectivity index (χ4v) is 2.43. The highest BCUT2D eigenvalue weighted by Crippen LogP contribution is 2.27. The monoisotopic (exact) mass is 290 g/mol. The first kappa shape index (κ1) is 13.6. The summed E-state index contributed by atoms with van der Waals surface area (Å²) in [6.07, 6.45) is 1.82. The van der Waals surface area contributed by atoms with Gasteiger partial charge < -0.3 is 10.6 Å². The Morgan fingerprint density at radius 1 is 1.39 bits per heavy atom. The van der Waals surface area contributed by atoms with Crippen LogP contribution in [0.3, 0.4) is 0 Å². The number of hydrogen-bond donors (Lipinski definition) is 2. The van der Waals surface area contributed by atoms with Gasteiger partial charge in [-0.1, -0.05) is 23.2 Å². The van der Waals surface area contributed by atoms with Gasteiger partial charge in [0.1, 0.15) is 0 Å². The zero-order valence-electron chi connectivity index (χ0n) is 9.60. The molecule has 1 fully saturated rings. The smallest absolute Gasteiger partial charge is 0.228 e. The predicted molar refractivity (Wildman–Crippen MR) is 70.6 cm³/mol. The van der Waals surface area contributed by atoms with Crippen LogP contribution in [0.1, 0.15) is 12.8 Å². The van der Waals surface area contributed by atoms with E-state index in [2.05, 4.69) is 10.6 Å². The van der Waals surface area contributed by atoms with E-state index >= 15 is 0 Å². The van der Waals surface area contributed by atoms with Crippen molar-refractivity contribution in [3.8, 4) is 0 Å². The van der Waals surface area contributed by atoms with E-state index in [0.717, 1.165) is 19.4 Å². The standard InChI is InChI=1S/C12H13Cl2FN2O/c13-9-4-8(5-10(14)11(9)15)17-12(18)7-2-1-3-16-6-7/h4-5,7,16H,1-3,6H2,(H,17,18). The Hall–Kier alpha value is -0.840. The fourth-order valence-electron chi connectivity index (χ4n) is 1.95. The van der Waals surface area contributed by atoms with Gasteiger partial charge in [0.2, 0.25) is 5.91 Å². The molecule has 1 aromatic rings. The Morgan fingerprint density at radius 2 is 2.06 bits per heavy atom. The van der Waals surface area contributed by atoms with Crippen LogP contribution >= 0.6 is 23.2 Å². The minimum atomic E-state index is -0.671. The Kier molecular flexibility index (Phi) is 4.43. The summed E-state index contributed by atoms with van der Waals surface area (Å²) in [5.41, 5.74) is 0.418. The highest BCUT2D eigenvalue weighted by Gasteiger charge is 2.21. The van der Waals surface area contributed by atoms with Crippen LogP contribution < -0.4 is 10.6 Å². The molecule has 0 aliphatic carbocycles. The molecule has 1 heterocycles. The maximum Gasteiger partial charge on any atom is 0.228 e. The molecular weight excluding hydrogens is 278 g/mol. The van der Waals surface area contributed by atoms with Gasteiger partial charge in [0, 0.05) is 12.2 Å². The first-order valence-corrected chi connectivity index (χ1v) is 6.49. The number of anilines is 1. The fraction of sp³-hybridized carbons (Fsp3) is 0.417. The predicted octanol–water partition coefficient (Wildman–Crippen LogP) is 3.07. The van der Waals surface area contributed by atoms with Crippen molar-refractivity contribution in [2.45, 2.75) is 12.8 Å². The van der Waals surface area contributed by atoms with E-state index in [1.54, 1.807) is 0 Å². The summed E-state index contributed by atoms with van der Waals surface area (Å²) in [6.45, 7) is 1.60. The zero-order chi connectivity index (χ0) is 13.1. The molecule has 0 spiro atoms. The van der Waals surface area contributed by atoms with E-state index in [4.69, 9.17) is 23.2 Å². The van der Waals surface area contributed by atoms with Gasteiger partial charge in [-0.25, -0.2) is 4.39 Å². The molecule has 1 aliphatic heterocycles. The van der Waals surface area contributed by atoms with E-state index in [-0.39, 0.29) is 21.9 Å². The molecular formula is C12H13Cl2FN2O. The SMILES string of the molecule is O=C(Nc1cc(Cl)c(F)c(Cl)c1)C1CCCNC1. The molecule has 1 aromatic carbocycles.